The van der Waals surface area contributed by atoms with Gasteiger partial charge in [-0.15, -0.1) is 0 Å². The third-order valence-electron chi connectivity index (χ3n) is 2.58. The summed E-state index contributed by atoms with van der Waals surface area (Å²) in [7, 11) is 0. The van der Waals surface area contributed by atoms with Crippen molar-refractivity contribution in [3.8, 4) is 0 Å². The van der Waals surface area contributed by atoms with Gasteiger partial charge in [0, 0.05) is 6.42 Å². The highest BCUT2D eigenvalue weighted by Crippen LogP contribution is 2.17. The summed E-state index contributed by atoms with van der Waals surface area (Å²) in [6.45, 7) is 1.26. The second kappa shape index (κ2) is 3.76. The molecule has 1 fully saturated rings. The third kappa shape index (κ3) is 1.69. The zero-order valence-corrected chi connectivity index (χ0v) is 7.33. The zero-order valence-electron chi connectivity index (χ0n) is 7.33. The van der Waals surface area contributed by atoms with E-state index in [1.165, 1.54) is 32.2 Å². The fraction of sp³-hybridized carbons (Fsp3) is 0.600. The molecule has 2 nitrogen and oxygen atoms in total. The molecule has 2 heterocycles. The summed E-state index contributed by atoms with van der Waals surface area (Å²) in [5.41, 5.74) is 0. The quantitative estimate of drug-likeness (QED) is 0.672. The summed E-state index contributed by atoms with van der Waals surface area (Å²) < 4.78 is 5.40. The summed E-state index contributed by atoms with van der Waals surface area (Å²) in [6, 6.07) is 4.66. The molecule has 0 radical (unpaired) electrons. The molecule has 2 N–H and O–H groups in total. The van der Waals surface area contributed by atoms with Crippen LogP contribution >= 0.6 is 0 Å². The minimum Gasteiger partial charge on any atom is -0.463 e. The molecule has 1 saturated heterocycles. The Morgan fingerprint density at radius 2 is 2.33 bits per heavy atom. The lowest BCUT2D eigenvalue weighted by molar-refractivity contribution is -0.696. The van der Waals surface area contributed by atoms with Gasteiger partial charge in [0.25, 0.3) is 0 Å². The maximum absolute atomic E-state index is 5.40. The van der Waals surface area contributed by atoms with E-state index in [9.17, 15) is 0 Å². The minimum absolute atomic E-state index is 0.586. The molecule has 1 aromatic rings. The van der Waals surface area contributed by atoms with E-state index in [2.05, 4.69) is 11.4 Å². The van der Waals surface area contributed by atoms with Crippen LogP contribution < -0.4 is 5.32 Å². The fourth-order valence-electron chi connectivity index (χ4n) is 1.88. The Kier molecular flexibility index (Phi) is 2.47. The van der Waals surface area contributed by atoms with Gasteiger partial charge in [-0.25, -0.2) is 0 Å². The smallest absolute Gasteiger partial charge is 0.160 e. The van der Waals surface area contributed by atoms with Crippen molar-refractivity contribution in [3.63, 3.8) is 0 Å². The van der Waals surface area contributed by atoms with Crippen LogP contribution in [0.25, 0.3) is 0 Å². The Morgan fingerprint density at radius 1 is 1.33 bits per heavy atom. The molecule has 0 bridgehead atoms. The second-order valence-electron chi connectivity index (χ2n) is 3.50. The van der Waals surface area contributed by atoms with Crippen LogP contribution in [-0.4, -0.2) is 6.54 Å². The summed E-state index contributed by atoms with van der Waals surface area (Å²) in [5.74, 6) is 1.15. The van der Waals surface area contributed by atoms with Gasteiger partial charge in [-0.2, -0.15) is 0 Å². The molecule has 2 rings (SSSR count). The van der Waals surface area contributed by atoms with E-state index in [1.807, 2.05) is 6.07 Å². The summed E-state index contributed by atoms with van der Waals surface area (Å²) in [6.07, 6.45) is 7.13. The molecule has 0 spiro atoms. The minimum atomic E-state index is 0.586. The van der Waals surface area contributed by atoms with Crippen LogP contribution in [0.2, 0.25) is 0 Å². The van der Waals surface area contributed by atoms with E-state index in [0.29, 0.717) is 6.04 Å². The van der Waals surface area contributed by atoms with Gasteiger partial charge in [-0.1, -0.05) is 0 Å². The molecular weight excluding hydrogens is 150 g/mol. The Hall–Kier alpha value is -0.760. The fourth-order valence-corrected chi connectivity index (χ4v) is 1.88. The average molecular weight is 166 g/mol. The topological polar surface area (TPSA) is 29.8 Å². The first-order valence-corrected chi connectivity index (χ1v) is 4.83. The van der Waals surface area contributed by atoms with Crippen LogP contribution in [0.15, 0.2) is 22.8 Å². The SMILES string of the molecule is c1coc([C@@H]2CCCCC[NH2+]2)c1. The van der Waals surface area contributed by atoms with Crippen molar-refractivity contribution < 1.29 is 9.73 Å². The highest BCUT2D eigenvalue weighted by Gasteiger charge is 2.18. The Balaban J connectivity index is 2.02. The van der Waals surface area contributed by atoms with Gasteiger partial charge in [0.05, 0.1) is 12.8 Å². The predicted octanol–water partition coefficient (Wildman–Crippen LogP) is 1.46. The van der Waals surface area contributed by atoms with Crippen LogP contribution in [0.3, 0.4) is 0 Å². The lowest BCUT2D eigenvalue weighted by Gasteiger charge is -2.08. The largest absolute Gasteiger partial charge is 0.463 e. The number of nitrogens with two attached hydrogens (primary N) is 1. The monoisotopic (exact) mass is 166 g/mol. The van der Waals surface area contributed by atoms with Crippen molar-refractivity contribution in [2.75, 3.05) is 6.54 Å². The Bertz CT molecular complexity index is 210. The molecule has 0 aliphatic carbocycles. The molecule has 1 atom stereocenters. The van der Waals surface area contributed by atoms with E-state index < -0.39 is 0 Å². The number of quaternary nitrogens is 1. The number of furan rings is 1. The van der Waals surface area contributed by atoms with Gasteiger partial charge in [-0.3, -0.25) is 0 Å². The average Bonchev–Trinajstić information content (AvgIpc) is 2.48. The standard InChI is InChI=1S/C10H15NO/c1-2-5-9(11-7-3-1)10-6-4-8-12-10/h4,6,8-9,11H,1-3,5,7H2/p+1/t9-/m0/s1. The van der Waals surface area contributed by atoms with E-state index in [1.54, 1.807) is 6.26 Å². The molecule has 66 valence electrons. The zero-order chi connectivity index (χ0) is 8.23. The van der Waals surface area contributed by atoms with Crippen molar-refractivity contribution >= 4 is 0 Å². The van der Waals surface area contributed by atoms with Crippen molar-refractivity contribution in [2.45, 2.75) is 31.7 Å². The highest BCUT2D eigenvalue weighted by atomic mass is 16.3. The molecule has 1 aliphatic rings. The summed E-state index contributed by atoms with van der Waals surface area (Å²) in [5, 5.41) is 2.41. The molecule has 1 aromatic heterocycles. The maximum atomic E-state index is 5.40. The lowest BCUT2D eigenvalue weighted by atomic mass is 10.1. The van der Waals surface area contributed by atoms with Gasteiger partial charge in [0.1, 0.15) is 6.04 Å². The number of hydrogen-bond acceptors (Lipinski definition) is 1. The normalized spacial score (nSPS) is 25.2. The van der Waals surface area contributed by atoms with Crippen LogP contribution in [0, 0.1) is 0 Å². The van der Waals surface area contributed by atoms with Gasteiger partial charge in [0.15, 0.2) is 5.76 Å². The highest BCUT2D eigenvalue weighted by molar-refractivity contribution is 5.01. The molecule has 0 amide bonds. The molecule has 1 aliphatic heterocycles. The van der Waals surface area contributed by atoms with Gasteiger partial charge < -0.3 is 9.73 Å². The van der Waals surface area contributed by atoms with Crippen LogP contribution in [-0.2, 0) is 0 Å². The van der Waals surface area contributed by atoms with Gasteiger partial charge >= 0.3 is 0 Å². The van der Waals surface area contributed by atoms with E-state index in [0.717, 1.165) is 5.76 Å². The molecule has 0 unspecified atom stereocenters. The van der Waals surface area contributed by atoms with Gasteiger partial charge in [0.2, 0.25) is 0 Å². The molecule has 0 saturated carbocycles. The molecule has 2 heteroatoms. The van der Waals surface area contributed by atoms with Crippen molar-refractivity contribution in [3.05, 3.63) is 24.2 Å². The van der Waals surface area contributed by atoms with Gasteiger partial charge in [-0.05, 0) is 31.4 Å². The van der Waals surface area contributed by atoms with Crippen molar-refractivity contribution in [2.24, 2.45) is 0 Å². The number of hydrogen-bond donors (Lipinski definition) is 1. The third-order valence-corrected chi connectivity index (χ3v) is 2.58. The first-order valence-electron chi connectivity index (χ1n) is 4.83. The summed E-state index contributed by atoms with van der Waals surface area (Å²) >= 11 is 0. The molecule has 0 aromatic carbocycles. The van der Waals surface area contributed by atoms with E-state index in [4.69, 9.17) is 4.42 Å². The lowest BCUT2D eigenvalue weighted by Crippen LogP contribution is -2.84. The van der Waals surface area contributed by atoms with Crippen LogP contribution in [0.5, 0.6) is 0 Å². The van der Waals surface area contributed by atoms with Crippen molar-refractivity contribution in [1.29, 1.82) is 0 Å². The Labute approximate surface area is 73.0 Å². The first-order chi connectivity index (χ1) is 5.97. The van der Waals surface area contributed by atoms with Crippen LogP contribution in [0.1, 0.15) is 37.5 Å². The van der Waals surface area contributed by atoms with Crippen LogP contribution in [0.4, 0.5) is 0 Å². The maximum Gasteiger partial charge on any atom is 0.160 e. The molecule has 12 heavy (non-hydrogen) atoms. The van der Waals surface area contributed by atoms with Crippen molar-refractivity contribution in [1.82, 2.24) is 0 Å². The second-order valence-corrected chi connectivity index (χ2v) is 3.50. The molecular formula is C10H16NO+. The summed E-state index contributed by atoms with van der Waals surface area (Å²) in [4.78, 5) is 0. The predicted molar refractivity (Wildman–Crippen MR) is 46.7 cm³/mol. The van der Waals surface area contributed by atoms with E-state index in [-0.39, 0.29) is 0 Å². The van der Waals surface area contributed by atoms with E-state index >= 15 is 0 Å². The first kappa shape index (κ1) is 7.87. The Morgan fingerprint density at radius 3 is 3.17 bits per heavy atom. The number of rotatable bonds is 1.